The van der Waals surface area contributed by atoms with Gasteiger partial charge in [0.15, 0.2) is 0 Å². The van der Waals surface area contributed by atoms with E-state index in [1.807, 2.05) is 31.2 Å². The van der Waals surface area contributed by atoms with Crippen molar-refractivity contribution in [3.8, 4) is 0 Å². The fourth-order valence-electron chi connectivity index (χ4n) is 1.73. The Morgan fingerprint density at radius 1 is 1.26 bits per heavy atom. The summed E-state index contributed by atoms with van der Waals surface area (Å²) in [5, 5.41) is 0. The van der Waals surface area contributed by atoms with Gasteiger partial charge in [-0.25, -0.2) is 4.79 Å². The van der Waals surface area contributed by atoms with Gasteiger partial charge >= 0.3 is 5.97 Å². The van der Waals surface area contributed by atoms with Crippen LogP contribution in [-0.4, -0.2) is 5.97 Å². The van der Waals surface area contributed by atoms with E-state index in [0.717, 1.165) is 11.1 Å². The number of benzene rings is 2. The minimum Gasteiger partial charge on any atom is -0.457 e. The summed E-state index contributed by atoms with van der Waals surface area (Å²) in [6.45, 7) is 2.25. The Morgan fingerprint density at radius 2 is 2.05 bits per heavy atom. The molecule has 19 heavy (non-hydrogen) atoms. The van der Waals surface area contributed by atoms with E-state index >= 15 is 0 Å². The van der Waals surface area contributed by atoms with E-state index in [9.17, 15) is 4.79 Å². The highest BCUT2D eigenvalue weighted by molar-refractivity contribution is 9.10. The number of ether oxygens (including phenoxy) is 1. The molecule has 98 valence electrons. The molecule has 0 saturated carbocycles. The van der Waals surface area contributed by atoms with Crippen molar-refractivity contribution in [3.05, 3.63) is 63.6 Å². The van der Waals surface area contributed by atoms with Gasteiger partial charge in [0.05, 0.1) is 5.56 Å². The second kappa shape index (κ2) is 5.89. The Labute approximate surface area is 120 Å². The van der Waals surface area contributed by atoms with E-state index in [0.29, 0.717) is 15.7 Å². The molecule has 0 unspecified atom stereocenters. The molecule has 0 aliphatic carbocycles. The van der Waals surface area contributed by atoms with Crippen LogP contribution in [-0.2, 0) is 11.3 Å². The second-order valence-electron chi connectivity index (χ2n) is 4.30. The highest BCUT2D eigenvalue weighted by atomic mass is 79.9. The quantitative estimate of drug-likeness (QED) is 0.693. The fourth-order valence-corrected chi connectivity index (χ4v) is 2.14. The molecule has 0 aliphatic rings. The average molecular weight is 320 g/mol. The molecule has 0 heterocycles. The molecule has 0 bridgehead atoms. The molecule has 0 aromatic heterocycles. The number of carbonyl (C=O) groups is 1. The van der Waals surface area contributed by atoms with Crippen molar-refractivity contribution in [2.24, 2.45) is 0 Å². The average Bonchev–Trinajstić information content (AvgIpc) is 2.39. The van der Waals surface area contributed by atoms with Crippen LogP contribution in [0.25, 0.3) is 0 Å². The van der Waals surface area contributed by atoms with Gasteiger partial charge in [0.1, 0.15) is 6.61 Å². The van der Waals surface area contributed by atoms with Crippen LogP contribution >= 0.6 is 15.9 Å². The highest BCUT2D eigenvalue weighted by Gasteiger charge is 2.12. The minimum atomic E-state index is -0.388. The topological polar surface area (TPSA) is 52.3 Å². The smallest absolute Gasteiger partial charge is 0.339 e. The van der Waals surface area contributed by atoms with E-state index in [-0.39, 0.29) is 12.6 Å². The molecular weight excluding hydrogens is 306 g/mol. The molecule has 3 nitrogen and oxygen atoms in total. The summed E-state index contributed by atoms with van der Waals surface area (Å²) in [6.07, 6.45) is 0. The van der Waals surface area contributed by atoms with Crippen molar-refractivity contribution in [1.82, 2.24) is 0 Å². The lowest BCUT2D eigenvalue weighted by Crippen LogP contribution is -2.07. The zero-order valence-corrected chi connectivity index (χ0v) is 12.1. The van der Waals surface area contributed by atoms with E-state index in [1.165, 1.54) is 0 Å². The van der Waals surface area contributed by atoms with Crippen LogP contribution in [0.1, 0.15) is 21.5 Å². The number of anilines is 1. The maximum Gasteiger partial charge on any atom is 0.339 e. The summed E-state index contributed by atoms with van der Waals surface area (Å²) in [5.41, 5.74) is 8.74. The van der Waals surface area contributed by atoms with Crippen LogP contribution in [0.2, 0.25) is 0 Å². The molecule has 2 rings (SSSR count). The number of rotatable bonds is 3. The van der Waals surface area contributed by atoms with Gasteiger partial charge < -0.3 is 10.5 Å². The summed E-state index contributed by atoms with van der Waals surface area (Å²) in [4.78, 5) is 12.0. The monoisotopic (exact) mass is 319 g/mol. The first kappa shape index (κ1) is 13.6. The second-order valence-corrected chi connectivity index (χ2v) is 5.16. The third kappa shape index (κ3) is 3.58. The number of hydrogen-bond donors (Lipinski definition) is 1. The molecule has 0 aliphatic heterocycles. The summed E-state index contributed by atoms with van der Waals surface area (Å²) in [5.74, 6) is -0.388. The lowest BCUT2D eigenvalue weighted by Gasteiger charge is -2.07. The zero-order chi connectivity index (χ0) is 13.8. The van der Waals surface area contributed by atoms with Crippen LogP contribution in [0.3, 0.4) is 0 Å². The molecule has 0 amide bonds. The van der Waals surface area contributed by atoms with Gasteiger partial charge in [0, 0.05) is 10.2 Å². The minimum absolute atomic E-state index is 0.252. The molecule has 2 aromatic rings. The van der Waals surface area contributed by atoms with E-state index in [1.54, 1.807) is 18.2 Å². The van der Waals surface area contributed by atoms with Crippen LogP contribution in [0.4, 0.5) is 5.69 Å². The van der Waals surface area contributed by atoms with Crippen LogP contribution in [0, 0.1) is 6.92 Å². The van der Waals surface area contributed by atoms with E-state index in [4.69, 9.17) is 10.5 Å². The van der Waals surface area contributed by atoms with Gasteiger partial charge in [-0.2, -0.15) is 0 Å². The standard InChI is InChI=1S/C15H14BrNO2/c1-10-3-2-4-11(7-10)9-19-15(18)13-8-12(17)5-6-14(13)16/h2-8H,9,17H2,1H3. The Hall–Kier alpha value is -1.81. The lowest BCUT2D eigenvalue weighted by molar-refractivity contribution is 0.0471. The molecule has 0 spiro atoms. The molecule has 0 radical (unpaired) electrons. The molecular formula is C15H14BrNO2. The number of nitrogens with two attached hydrogens (primary N) is 1. The number of esters is 1. The predicted molar refractivity (Wildman–Crippen MR) is 78.9 cm³/mol. The molecule has 2 aromatic carbocycles. The van der Waals surface area contributed by atoms with Crippen molar-refractivity contribution in [2.75, 3.05) is 5.73 Å². The van der Waals surface area contributed by atoms with Crippen LogP contribution in [0.15, 0.2) is 46.9 Å². The largest absolute Gasteiger partial charge is 0.457 e. The van der Waals surface area contributed by atoms with Gasteiger partial charge in [-0.3, -0.25) is 0 Å². The number of nitrogen functional groups attached to an aromatic ring is 1. The van der Waals surface area contributed by atoms with Gasteiger partial charge in [-0.05, 0) is 46.6 Å². The fraction of sp³-hybridized carbons (Fsp3) is 0.133. The maximum atomic E-state index is 12.0. The van der Waals surface area contributed by atoms with Crippen molar-refractivity contribution < 1.29 is 9.53 Å². The van der Waals surface area contributed by atoms with Gasteiger partial charge in [-0.1, -0.05) is 29.8 Å². The normalized spacial score (nSPS) is 10.2. The van der Waals surface area contributed by atoms with Crippen molar-refractivity contribution in [3.63, 3.8) is 0 Å². The Morgan fingerprint density at radius 3 is 2.79 bits per heavy atom. The molecule has 0 saturated heterocycles. The third-order valence-corrected chi connectivity index (χ3v) is 3.35. The highest BCUT2D eigenvalue weighted by Crippen LogP contribution is 2.21. The number of carbonyl (C=O) groups excluding carboxylic acids is 1. The number of halogens is 1. The number of aryl methyl sites for hydroxylation is 1. The summed E-state index contributed by atoms with van der Waals surface area (Å²) in [7, 11) is 0. The first-order chi connectivity index (χ1) is 9.06. The zero-order valence-electron chi connectivity index (χ0n) is 10.5. The van der Waals surface area contributed by atoms with Gasteiger partial charge in [0.2, 0.25) is 0 Å². The Balaban J connectivity index is 2.07. The lowest BCUT2D eigenvalue weighted by atomic mass is 10.1. The summed E-state index contributed by atoms with van der Waals surface area (Å²) >= 11 is 3.31. The van der Waals surface area contributed by atoms with E-state index in [2.05, 4.69) is 15.9 Å². The molecule has 0 atom stereocenters. The number of hydrogen-bond acceptors (Lipinski definition) is 3. The first-order valence-electron chi connectivity index (χ1n) is 5.84. The van der Waals surface area contributed by atoms with Crippen molar-refractivity contribution in [1.29, 1.82) is 0 Å². The van der Waals surface area contributed by atoms with E-state index < -0.39 is 0 Å². The predicted octanol–water partition coefficient (Wildman–Crippen LogP) is 3.70. The summed E-state index contributed by atoms with van der Waals surface area (Å²) < 4.78 is 5.96. The van der Waals surface area contributed by atoms with Crippen molar-refractivity contribution >= 4 is 27.6 Å². The Bertz CT molecular complexity index is 611. The summed E-state index contributed by atoms with van der Waals surface area (Å²) in [6, 6.07) is 12.9. The maximum absolute atomic E-state index is 12.0. The molecule has 0 fully saturated rings. The van der Waals surface area contributed by atoms with Crippen LogP contribution < -0.4 is 5.73 Å². The third-order valence-electron chi connectivity index (χ3n) is 2.66. The van der Waals surface area contributed by atoms with Gasteiger partial charge in [0.25, 0.3) is 0 Å². The van der Waals surface area contributed by atoms with Crippen molar-refractivity contribution in [2.45, 2.75) is 13.5 Å². The van der Waals surface area contributed by atoms with Gasteiger partial charge in [-0.15, -0.1) is 0 Å². The Kier molecular flexibility index (Phi) is 4.22. The molecule has 2 N–H and O–H groups in total. The van der Waals surface area contributed by atoms with Crippen LogP contribution in [0.5, 0.6) is 0 Å². The molecule has 4 heteroatoms. The first-order valence-corrected chi connectivity index (χ1v) is 6.63. The SMILES string of the molecule is Cc1cccc(COC(=O)c2cc(N)ccc2Br)c1.